The number of alkyl halides is 1. The summed E-state index contributed by atoms with van der Waals surface area (Å²) in [5.41, 5.74) is 0.104. The quantitative estimate of drug-likeness (QED) is 0.795. The smallest absolute Gasteiger partial charge is 0.407 e. The molecule has 2 rings (SSSR count). The van der Waals surface area contributed by atoms with E-state index in [4.69, 9.17) is 5.11 Å². The fourth-order valence-corrected chi connectivity index (χ4v) is 2.08. The van der Waals surface area contributed by atoms with E-state index in [-0.39, 0.29) is 24.3 Å². The number of hydrogen-bond acceptors (Lipinski definition) is 2. The topological polar surface area (TPSA) is 60.8 Å². The molecule has 6 heteroatoms. The van der Waals surface area contributed by atoms with Gasteiger partial charge in [-0.05, 0) is 18.2 Å². The molecule has 1 aromatic carbocycles. The summed E-state index contributed by atoms with van der Waals surface area (Å²) >= 11 is 0. The van der Waals surface area contributed by atoms with Gasteiger partial charge in [0.1, 0.15) is 17.7 Å². The summed E-state index contributed by atoms with van der Waals surface area (Å²) < 4.78 is 26.3. The van der Waals surface area contributed by atoms with E-state index in [1.54, 1.807) is 0 Å². The van der Waals surface area contributed by atoms with Crippen LogP contribution in [-0.4, -0.2) is 33.9 Å². The molecular weight excluding hydrogens is 232 g/mol. The van der Waals surface area contributed by atoms with Gasteiger partial charge >= 0.3 is 6.09 Å². The Morgan fingerprint density at radius 2 is 2.18 bits per heavy atom. The first kappa shape index (κ1) is 11.6. The molecule has 1 heterocycles. The fraction of sp³-hybridized carbons (Fsp3) is 0.364. The van der Waals surface area contributed by atoms with Gasteiger partial charge in [0.2, 0.25) is 0 Å². The third kappa shape index (κ3) is 2.15. The third-order valence-electron chi connectivity index (χ3n) is 2.84. The minimum absolute atomic E-state index is 0.0662. The normalized spacial score (nSPS) is 24.0. The predicted octanol–water partition coefficient (Wildman–Crippen LogP) is 2.29. The number of carbonyl (C=O) groups is 1. The number of halogens is 2. The number of phenols is 1. The molecule has 0 spiro atoms. The number of rotatable bonds is 1. The van der Waals surface area contributed by atoms with Gasteiger partial charge in [0.25, 0.3) is 0 Å². The Kier molecular flexibility index (Phi) is 2.87. The molecule has 2 N–H and O–H groups in total. The molecule has 1 saturated heterocycles. The van der Waals surface area contributed by atoms with Gasteiger partial charge < -0.3 is 10.2 Å². The molecule has 0 saturated carbocycles. The lowest BCUT2D eigenvalue weighted by molar-refractivity contribution is 0.137. The molecule has 17 heavy (non-hydrogen) atoms. The van der Waals surface area contributed by atoms with E-state index < -0.39 is 24.1 Å². The average molecular weight is 243 g/mol. The minimum atomic E-state index is -1.29. The van der Waals surface area contributed by atoms with Crippen molar-refractivity contribution in [1.82, 2.24) is 4.90 Å². The average Bonchev–Trinajstić information content (AvgIpc) is 2.64. The van der Waals surface area contributed by atoms with Crippen LogP contribution in [0.25, 0.3) is 0 Å². The Morgan fingerprint density at radius 1 is 1.47 bits per heavy atom. The summed E-state index contributed by atoms with van der Waals surface area (Å²) in [6.45, 7) is -0.254. The Labute approximate surface area is 96.1 Å². The molecule has 0 aliphatic carbocycles. The lowest BCUT2D eigenvalue weighted by Crippen LogP contribution is -2.29. The SMILES string of the molecule is O=C(O)N1C[C@@H](F)C[C@@H]1c1cc(F)ccc1O. The molecule has 1 aliphatic heterocycles. The highest BCUT2D eigenvalue weighted by molar-refractivity contribution is 5.66. The molecule has 1 fully saturated rings. The fourth-order valence-electron chi connectivity index (χ4n) is 2.08. The van der Waals surface area contributed by atoms with Gasteiger partial charge in [0.15, 0.2) is 0 Å². The van der Waals surface area contributed by atoms with Crippen LogP contribution in [0.3, 0.4) is 0 Å². The zero-order valence-electron chi connectivity index (χ0n) is 8.81. The van der Waals surface area contributed by atoms with Crippen molar-refractivity contribution in [3.8, 4) is 5.75 Å². The van der Waals surface area contributed by atoms with Gasteiger partial charge in [-0.2, -0.15) is 0 Å². The summed E-state index contributed by atoms with van der Waals surface area (Å²) in [5, 5.41) is 18.5. The number of benzene rings is 1. The van der Waals surface area contributed by atoms with Crippen LogP contribution >= 0.6 is 0 Å². The molecule has 0 unspecified atom stereocenters. The zero-order chi connectivity index (χ0) is 12.6. The number of carboxylic acid groups (broad SMARTS) is 1. The first-order chi connectivity index (χ1) is 7.99. The number of amides is 1. The second-order valence-electron chi connectivity index (χ2n) is 3.99. The van der Waals surface area contributed by atoms with Crippen molar-refractivity contribution in [1.29, 1.82) is 0 Å². The number of phenolic OH excluding ortho intramolecular Hbond substituents is 1. The second kappa shape index (κ2) is 4.20. The van der Waals surface area contributed by atoms with E-state index in [0.717, 1.165) is 23.1 Å². The van der Waals surface area contributed by atoms with Gasteiger partial charge in [-0.3, -0.25) is 4.90 Å². The van der Waals surface area contributed by atoms with Crippen molar-refractivity contribution in [2.75, 3.05) is 6.54 Å². The summed E-state index contributed by atoms with van der Waals surface area (Å²) in [6.07, 6.45) is -2.64. The number of likely N-dealkylation sites (tertiary alicyclic amines) is 1. The van der Waals surface area contributed by atoms with Crippen LogP contribution in [0.15, 0.2) is 18.2 Å². The van der Waals surface area contributed by atoms with E-state index in [1.807, 2.05) is 0 Å². The Hall–Kier alpha value is -1.85. The second-order valence-corrected chi connectivity index (χ2v) is 3.99. The summed E-state index contributed by atoms with van der Waals surface area (Å²) in [7, 11) is 0. The molecular formula is C11H11F2NO3. The molecule has 0 bridgehead atoms. The van der Waals surface area contributed by atoms with Crippen LogP contribution in [-0.2, 0) is 0 Å². The van der Waals surface area contributed by atoms with Crippen LogP contribution in [0.2, 0.25) is 0 Å². The number of nitrogens with zero attached hydrogens (tertiary/aromatic N) is 1. The maximum atomic E-state index is 13.2. The molecule has 2 atom stereocenters. The molecule has 1 aliphatic rings. The van der Waals surface area contributed by atoms with E-state index in [0.29, 0.717) is 0 Å². The standard InChI is InChI=1S/C11H11F2NO3/c12-6-1-2-10(15)8(3-6)9-4-7(13)5-14(9)11(16)17/h1-3,7,9,15H,4-5H2,(H,16,17)/t7-,9+/m0/s1. The Morgan fingerprint density at radius 3 is 2.82 bits per heavy atom. The van der Waals surface area contributed by atoms with Crippen LogP contribution in [0, 0.1) is 5.82 Å². The molecule has 0 aromatic heterocycles. The van der Waals surface area contributed by atoms with Gasteiger partial charge in [-0.1, -0.05) is 0 Å². The van der Waals surface area contributed by atoms with Crippen LogP contribution in [0.4, 0.5) is 13.6 Å². The van der Waals surface area contributed by atoms with Gasteiger partial charge in [0.05, 0.1) is 12.6 Å². The molecule has 4 nitrogen and oxygen atoms in total. The monoisotopic (exact) mass is 243 g/mol. The van der Waals surface area contributed by atoms with Crippen molar-refractivity contribution in [2.24, 2.45) is 0 Å². The molecule has 1 amide bonds. The number of hydrogen-bond donors (Lipinski definition) is 2. The van der Waals surface area contributed by atoms with Crippen molar-refractivity contribution in [2.45, 2.75) is 18.6 Å². The lowest BCUT2D eigenvalue weighted by Gasteiger charge is -2.22. The Balaban J connectivity index is 2.37. The van der Waals surface area contributed by atoms with Gasteiger partial charge in [0, 0.05) is 12.0 Å². The highest BCUT2D eigenvalue weighted by Crippen LogP contribution is 2.37. The first-order valence-corrected chi connectivity index (χ1v) is 5.11. The summed E-state index contributed by atoms with van der Waals surface area (Å²) in [6, 6.07) is 2.40. The van der Waals surface area contributed by atoms with Crippen molar-refractivity contribution in [3.63, 3.8) is 0 Å². The molecule has 1 aromatic rings. The predicted molar refractivity (Wildman–Crippen MR) is 55.0 cm³/mol. The van der Waals surface area contributed by atoms with Crippen molar-refractivity contribution < 1.29 is 23.8 Å². The summed E-state index contributed by atoms with van der Waals surface area (Å²) in [5.74, 6) is -0.817. The highest BCUT2D eigenvalue weighted by atomic mass is 19.1. The third-order valence-corrected chi connectivity index (χ3v) is 2.84. The number of aromatic hydroxyl groups is 1. The Bertz CT molecular complexity index is 452. The highest BCUT2D eigenvalue weighted by Gasteiger charge is 2.37. The van der Waals surface area contributed by atoms with E-state index in [1.165, 1.54) is 0 Å². The van der Waals surface area contributed by atoms with Gasteiger partial charge in [-0.15, -0.1) is 0 Å². The zero-order valence-corrected chi connectivity index (χ0v) is 8.81. The largest absolute Gasteiger partial charge is 0.508 e. The maximum absolute atomic E-state index is 13.2. The van der Waals surface area contributed by atoms with Crippen molar-refractivity contribution >= 4 is 6.09 Å². The summed E-state index contributed by atoms with van der Waals surface area (Å²) in [4.78, 5) is 11.8. The molecule has 0 radical (unpaired) electrons. The lowest BCUT2D eigenvalue weighted by atomic mass is 10.0. The first-order valence-electron chi connectivity index (χ1n) is 5.11. The molecule has 92 valence electrons. The van der Waals surface area contributed by atoms with Crippen LogP contribution < -0.4 is 0 Å². The van der Waals surface area contributed by atoms with E-state index in [2.05, 4.69) is 0 Å². The van der Waals surface area contributed by atoms with Crippen LogP contribution in [0.5, 0.6) is 5.75 Å². The van der Waals surface area contributed by atoms with Crippen molar-refractivity contribution in [3.05, 3.63) is 29.6 Å². The maximum Gasteiger partial charge on any atom is 0.407 e. The van der Waals surface area contributed by atoms with E-state index >= 15 is 0 Å². The van der Waals surface area contributed by atoms with Crippen LogP contribution in [0.1, 0.15) is 18.0 Å². The van der Waals surface area contributed by atoms with Gasteiger partial charge in [-0.25, -0.2) is 13.6 Å². The minimum Gasteiger partial charge on any atom is -0.508 e. The van der Waals surface area contributed by atoms with E-state index in [9.17, 15) is 18.7 Å².